The van der Waals surface area contributed by atoms with Crippen LogP contribution in [0.15, 0.2) is 77.8 Å². The molecule has 0 fully saturated rings. The number of aromatic nitrogens is 2. The lowest BCUT2D eigenvalue weighted by Gasteiger charge is -2.41. The van der Waals surface area contributed by atoms with Crippen LogP contribution in [-0.4, -0.2) is 22.9 Å². The molecule has 3 heterocycles. The maximum absolute atomic E-state index is 13.9. The quantitative estimate of drug-likeness (QED) is 0.277. The van der Waals surface area contributed by atoms with Crippen molar-refractivity contribution in [2.45, 2.75) is 29.7 Å². The van der Waals surface area contributed by atoms with E-state index in [1.54, 1.807) is 30.3 Å². The molecule has 4 aromatic rings. The minimum absolute atomic E-state index is 0.148. The number of fused-ring (bicyclic) bond motifs is 6. The van der Waals surface area contributed by atoms with Crippen LogP contribution >= 0.6 is 0 Å². The van der Waals surface area contributed by atoms with Crippen molar-refractivity contribution in [1.29, 1.82) is 0 Å². The Morgan fingerprint density at radius 1 is 0.846 bits per heavy atom. The molecule has 39 heavy (non-hydrogen) atoms. The third-order valence-corrected chi connectivity index (χ3v) is 8.76. The monoisotopic (exact) mass is 561 g/mol. The fraction of sp³-hybridized carbons (Fsp3) is 0.148. The van der Waals surface area contributed by atoms with Crippen LogP contribution in [0.25, 0.3) is 22.9 Å². The second kappa shape index (κ2) is 8.47. The van der Waals surface area contributed by atoms with Crippen LogP contribution in [0.2, 0.25) is 0 Å². The van der Waals surface area contributed by atoms with Gasteiger partial charge in [-0.3, -0.25) is 9.40 Å². The van der Waals surface area contributed by atoms with Gasteiger partial charge in [0, 0.05) is 18.2 Å². The molecule has 1 N–H and O–H groups in total. The molecule has 2 bridgehead atoms. The molecule has 0 amide bonds. The van der Waals surface area contributed by atoms with Gasteiger partial charge < -0.3 is 0 Å². The van der Waals surface area contributed by atoms with Crippen LogP contribution < -0.4 is 0 Å². The Labute approximate surface area is 218 Å². The standard InChI is InChI=1S/C27H17F6N3O2S/c28-26(29,30)16-7-9-18(10-8-16)39(37,38)36-24-12-21-19(15-3-1-4-17(11-15)27(31,32)33)5-2-6-20(21)25(36)13-23-22(24)14-34-35-23/h1-12,14,25H,13H2,(H,34,35). The van der Waals surface area contributed by atoms with E-state index in [1.807, 2.05) is 0 Å². The van der Waals surface area contributed by atoms with Gasteiger partial charge in [0.2, 0.25) is 0 Å². The van der Waals surface area contributed by atoms with E-state index in [1.165, 1.54) is 12.3 Å². The highest BCUT2D eigenvalue weighted by atomic mass is 32.2. The van der Waals surface area contributed by atoms with Gasteiger partial charge in [-0.05, 0) is 64.7 Å². The summed E-state index contributed by atoms with van der Waals surface area (Å²) in [5, 5.41) is 6.95. The maximum Gasteiger partial charge on any atom is 0.416 e. The average Bonchev–Trinajstić information content (AvgIpc) is 3.36. The molecule has 0 radical (unpaired) electrons. The summed E-state index contributed by atoms with van der Waals surface area (Å²) in [5.41, 5.74) is 1.40. The summed E-state index contributed by atoms with van der Waals surface area (Å²) in [7, 11) is -4.34. The number of nitrogens with zero attached hydrogens (tertiary/aromatic N) is 2. The lowest BCUT2D eigenvalue weighted by molar-refractivity contribution is -0.138. The lowest BCUT2D eigenvalue weighted by Crippen LogP contribution is -2.40. The highest BCUT2D eigenvalue weighted by Gasteiger charge is 2.44. The number of halogens is 6. The van der Waals surface area contributed by atoms with Crippen molar-refractivity contribution < 1.29 is 34.8 Å². The van der Waals surface area contributed by atoms with E-state index in [4.69, 9.17) is 0 Å². The van der Waals surface area contributed by atoms with Gasteiger partial charge in [0.05, 0.1) is 33.5 Å². The van der Waals surface area contributed by atoms with Crippen LogP contribution in [0.5, 0.6) is 0 Å². The highest BCUT2D eigenvalue weighted by molar-refractivity contribution is 7.89. The zero-order valence-corrected chi connectivity index (χ0v) is 20.5. The summed E-state index contributed by atoms with van der Waals surface area (Å²) in [6.07, 6.45) is -5.93. The average molecular weight is 562 g/mol. The first kappa shape index (κ1) is 25.2. The van der Waals surface area contributed by atoms with E-state index in [-0.39, 0.29) is 17.0 Å². The number of hydrogen-bond donors (Lipinski definition) is 1. The van der Waals surface area contributed by atoms with Gasteiger partial charge in [-0.25, -0.2) is 8.42 Å². The maximum atomic E-state index is 13.9. The number of hydrogen-bond acceptors (Lipinski definition) is 3. The van der Waals surface area contributed by atoms with Crippen molar-refractivity contribution >= 4 is 21.8 Å². The first-order valence-corrected chi connectivity index (χ1v) is 13.1. The summed E-state index contributed by atoms with van der Waals surface area (Å²) in [6, 6.07) is 12.3. The smallest absolute Gasteiger partial charge is 0.285 e. The van der Waals surface area contributed by atoms with E-state index < -0.39 is 39.5 Å². The van der Waals surface area contributed by atoms with Crippen LogP contribution in [0.4, 0.5) is 26.3 Å². The summed E-state index contributed by atoms with van der Waals surface area (Å²) >= 11 is 0. The molecule has 0 saturated heterocycles. The molecular formula is C27H17F6N3O2S. The van der Waals surface area contributed by atoms with E-state index in [9.17, 15) is 34.8 Å². The molecule has 12 heteroatoms. The van der Waals surface area contributed by atoms with Crippen molar-refractivity contribution in [1.82, 2.24) is 14.5 Å². The van der Waals surface area contributed by atoms with Crippen molar-refractivity contribution in [2.75, 3.05) is 0 Å². The Bertz CT molecular complexity index is 1740. The molecule has 0 aliphatic carbocycles. The molecule has 1 aromatic heterocycles. The second-order valence-corrected chi connectivity index (χ2v) is 11.0. The van der Waals surface area contributed by atoms with E-state index >= 15 is 0 Å². The van der Waals surface area contributed by atoms with E-state index in [0.717, 1.165) is 28.6 Å². The molecule has 2 aliphatic rings. The number of nitrogens with one attached hydrogen (secondary N) is 1. The Hall–Kier alpha value is -4.06. The van der Waals surface area contributed by atoms with Gasteiger partial charge in [-0.1, -0.05) is 30.3 Å². The summed E-state index contributed by atoms with van der Waals surface area (Å²) in [4.78, 5) is -0.323. The van der Waals surface area contributed by atoms with Crippen molar-refractivity contribution in [3.05, 3.63) is 106 Å². The Balaban J connectivity index is 1.52. The molecule has 5 nitrogen and oxygen atoms in total. The van der Waals surface area contributed by atoms with Crippen LogP contribution in [-0.2, 0) is 28.8 Å². The second-order valence-electron chi connectivity index (χ2n) is 9.21. The molecule has 3 aromatic carbocycles. The number of benzene rings is 3. The van der Waals surface area contributed by atoms with Crippen LogP contribution in [0.3, 0.4) is 0 Å². The van der Waals surface area contributed by atoms with E-state index in [0.29, 0.717) is 45.6 Å². The molecule has 1 atom stereocenters. The lowest BCUT2D eigenvalue weighted by atomic mass is 9.83. The number of alkyl halides is 6. The molecule has 6 rings (SSSR count). The zero-order chi connectivity index (χ0) is 27.7. The normalized spacial score (nSPS) is 16.9. The predicted octanol–water partition coefficient (Wildman–Crippen LogP) is 6.91. The van der Waals surface area contributed by atoms with Gasteiger partial charge in [0.25, 0.3) is 10.0 Å². The van der Waals surface area contributed by atoms with E-state index in [2.05, 4.69) is 10.2 Å². The third-order valence-electron chi connectivity index (χ3n) is 6.92. The van der Waals surface area contributed by atoms with Crippen LogP contribution in [0.1, 0.15) is 39.6 Å². The summed E-state index contributed by atoms with van der Waals surface area (Å²) < 4.78 is 108. The minimum atomic E-state index is -4.63. The van der Waals surface area contributed by atoms with Crippen LogP contribution in [0, 0.1) is 0 Å². The van der Waals surface area contributed by atoms with Crippen molar-refractivity contribution in [2.24, 2.45) is 0 Å². The predicted molar refractivity (Wildman–Crippen MR) is 130 cm³/mol. The highest BCUT2D eigenvalue weighted by Crippen LogP contribution is 2.50. The van der Waals surface area contributed by atoms with Gasteiger partial charge in [-0.2, -0.15) is 31.4 Å². The molecular weight excluding hydrogens is 544 g/mol. The summed E-state index contributed by atoms with van der Waals surface area (Å²) in [6.45, 7) is 0. The van der Waals surface area contributed by atoms with Crippen molar-refractivity contribution in [3.8, 4) is 11.1 Å². The zero-order valence-electron chi connectivity index (χ0n) is 19.7. The summed E-state index contributed by atoms with van der Waals surface area (Å²) in [5.74, 6) is 0. The largest absolute Gasteiger partial charge is 0.416 e. The van der Waals surface area contributed by atoms with Gasteiger partial charge in [0.1, 0.15) is 0 Å². The molecule has 1 unspecified atom stereocenters. The molecule has 0 saturated carbocycles. The topological polar surface area (TPSA) is 66.1 Å². The van der Waals surface area contributed by atoms with Crippen molar-refractivity contribution in [3.63, 3.8) is 0 Å². The number of H-pyrrole nitrogens is 1. The van der Waals surface area contributed by atoms with Gasteiger partial charge in [0.15, 0.2) is 0 Å². The molecule has 0 spiro atoms. The number of sulfonamides is 1. The first-order chi connectivity index (χ1) is 18.4. The fourth-order valence-electron chi connectivity index (χ4n) is 5.14. The fourth-order valence-corrected chi connectivity index (χ4v) is 6.78. The number of aromatic amines is 1. The first-order valence-electron chi connectivity index (χ1n) is 11.6. The molecule has 2 aliphatic heterocycles. The molecule has 200 valence electrons. The Morgan fingerprint density at radius 3 is 2.23 bits per heavy atom. The number of rotatable bonds is 3. The van der Waals surface area contributed by atoms with Gasteiger partial charge >= 0.3 is 12.4 Å². The third kappa shape index (κ3) is 4.10. The Kier molecular flexibility index (Phi) is 5.48. The Morgan fingerprint density at radius 2 is 1.54 bits per heavy atom. The minimum Gasteiger partial charge on any atom is -0.285 e. The SMILES string of the molecule is O=S(=O)(c1ccc(C(F)(F)F)cc1)N1C2=Cc3c(-c4cccc(C(F)(F)F)c4)cccc3C1Cc1n[nH]cc12. The van der Waals surface area contributed by atoms with Gasteiger partial charge in [-0.15, -0.1) is 0 Å².